The number of aryl methyl sites for hydroxylation is 2. The van der Waals surface area contributed by atoms with E-state index in [0.29, 0.717) is 19.8 Å². The van der Waals surface area contributed by atoms with Crippen LogP contribution in [0.25, 0.3) is 0 Å². The zero-order chi connectivity index (χ0) is 19.5. The highest BCUT2D eigenvalue weighted by Gasteiger charge is 2.06. The van der Waals surface area contributed by atoms with Crippen molar-refractivity contribution in [1.82, 2.24) is 15.6 Å². The van der Waals surface area contributed by atoms with Crippen LogP contribution in [0, 0.1) is 13.8 Å². The minimum atomic E-state index is 0. The molecule has 2 N–H and O–H groups in total. The number of methoxy groups -OCH3 is 1. The van der Waals surface area contributed by atoms with Crippen LogP contribution in [0.5, 0.6) is 5.75 Å². The van der Waals surface area contributed by atoms with Gasteiger partial charge in [0.2, 0.25) is 0 Å². The molecule has 0 saturated heterocycles. The van der Waals surface area contributed by atoms with Crippen molar-refractivity contribution in [2.75, 3.05) is 33.9 Å². The summed E-state index contributed by atoms with van der Waals surface area (Å²) >= 11 is 0. The molecular formula is C21H31IN4O2. The lowest BCUT2D eigenvalue weighted by molar-refractivity contribution is 0.145. The van der Waals surface area contributed by atoms with E-state index in [1.165, 1.54) is 16.7 Å². The second kappa shape index (κ2) is 13.3. The first-order chi connectivity index (χ1) is 13.1. The van der Waals surface area contributed by atoms with Crippen molar-refractivity contribution in [2.24, 2.45) is 4.99 Å². The van der Waals surface area contributed by atoms with Gasteiger partial charge in [0.25, 0.3) is 0 Å². The van der Waals surface area contributed by atoms with E-state index >= 15 is 0 Å². The maximum atomic E-state index is 5.85. The molecule has 0 radical (unpaired) electrons. The summed E-state index contributed by atoms with van der Waals surface area (Å²) in [6.07, 6.45) is 4.65. The third kappa shape index (κ3) is 8.02. The minimum absolute atomic E-state index is 0. The van der Waals surface area contributed by atoms with Crippen LogP contribution in [0.2, 0.25) is 0 Å². The van der Waals surface area contributed by atoms with Crippen LogP contribution in [-0.2, 0) is 17.7 Å². The normalized spacial score (nSPS) is 10.9. The Hall–Kier alpha value is -1.87. The SMILES string of the molecule is CN=C(NCCc1ccncc1C)NCc1ccc(C)cc1OCCOC.I. The first-order valence-corrected chi connectivity index (χ1v) is 9.19. The van der Waals surface area contributed by atoms with Gasteiger partial charge >= 0.3 is 0 Å². The topological polar surface area (TPSA) is 67.8 Å². The number of aliphatic imine (C=N–C) groups is 1. The van der Waals surface area contributed by atoms with Gasteiger partial charge in [-0.1, -0.05) is 12.1 Å². The zero-order valence-electron chi connectivity index (χ0n) is 17.1. The van der Waals surface area contributed by atoms with E-state index in [0.717, 1.165) is 30.2 Å². The van der Waals surface area contributed by atoms with Gasteiger partial charge in [-0.2, -0.15) is 0 Å². The maximum Gasteiger partial charge on any atom is 0.191 e. The van der Waals surface area contributed by atoms with Gasteiger partial charge in [-0.25, -0.2) is 0 Å². The van der Waals surface area contributed by atoms with E-state index in [4.69, 9.17) is 9.47 Å². The molecule has 0 amide bonds. The Morgan fingerprint density at radius 3 is 2.64 bits per heavy atom. The zero-order valence-corrected chi connectivity index (χ0v) is 19.4. The highest BCUT2D eigenvalue weighted by Crippen LogP contribution is 2.20. The summed E-state index contributed by atoms with van der Waals surface area (Å²) in [5.74, 6) is 1.65. The number of rotatable bonds is 9. The van der Waals surface area contributed by atoms with Crippen LogP contribution in [0.4, 0.5) is 0 Å². The first-order valence-electron chi connectivity index (χ1n) is 9.19. The minimum Gasteiger partial charge on any atom is -0.491 e. The molecule has 0 bridgehead atoms. The van der Waals surface area contributed by atoms with Crippen molar-refractivity contribution in [2.45, 2.75) is 26.8 Å². The molecule has 7 heteroatoms. The Morgan fingerprint density at radius 1 is 1.11 bits per heavy atom. The van der Waals surface area contributed by atoms with E-state index in [1.807, 2.05) is 12.4 Å². The predicted molar refractivity (Wildman–Crippen MR) is 125 cm³/mol. The molecule has 154 valence electrons. The smallest absolute Gasteiger partial charge is 0.191 e. The molecular weight excluding hydrogens is 467 g/mol. The highest BCUT2D eigenvalue weighted by molar-refractivity contribution is 14.0. The quantitative estimate of drug-likeness (QED) is 0.241. The molecule has 28 heavy (non-hydrogen) atoms. The fourth-order valence-electron chi connectivity index (χ4n) is 2.67. The third-order valence-corrected chi connectivity index (χ3v) is 4.26. The summed E-state index contributed by atoms with van der Waals surface area (Å²) in [5, 5.41) is 6.71. The molecule has 0 fully saturated rings. The Kier molecular flexibility index (Phi) is 11.5. The summed E-state index contributed by atoms with van der Waals surface area (Å²) in [7, 11) is 3.45. The Balaban J connectivity index is 0.00000392. The van der Waals surface area contributed by atoms with E-state index < -0.39 is 0 Å². The van der Waals surface area contributed by atoms with Crippen LogP contribution >= 0.6 is 24.0 Å². The van der Waals surface area contributed by atoms with Crippen LogP contribution in [0.1, 0.15) is 22.3 Å². The second-order valence-electron chi connectivity index (χ2n) is 6.36. The van der Waals surface area contributed by atoms with Crippen LogP contribution in [-0.4, -0.2) is 44.9 Å². The lowest BCUT2D eigenvalue weighted by Crippen LogP contribution is -2.38. The first kappa shape index (κ1) is 24.2. The van der Waals surface area contributed by atoms with Crippen molar-refractivity contribution in [1.29, 1.82) is 0 Å². The molecule has 0 aliphatic heterocycles. The highest BCUT2D eigenvalue weighted by atomic mass is 127. The predicted octanol–water partition coefficient (Wildman–Crippen LogP) is 3.25. The number of pyridine rings is 1. The van der Waals surface area contributed by atoms with Gasteiger partial charge in [0, 0.05) is 45.2 Å². The van der Waals surface area contributed by atoms with E-state index in [-0.39, 0.29) is 24.0 Å². The van der Waals surface area contributed by atoms with Crippen molar-refractivity contribution in [3.8, 4) is 5.75 Å². The maximum absolute atomic E-state index is 5.85. The third-order valence-electron chi connectivity index (χ3n) is 4.26. The molecule has 0 atom stereocenters. The molecule has 1 aromatic carbocycles. The van der Waals surface area contributed by atoms with Crippen molar-refractivity contribution in [3.05, 3.63) is 58.9 Å². The number of nitrogens with zero attached hydrogens (tertiary/aromatic N) is 2. The number of guanidine groups is 1. The van der Waals surface area contributed by atoms with Crippen LogP contribution < -0.4 is 15.4 Å². The van der Waals surface area contributed by atoms with Gasteiger partial charge in [-0.05, 0) is 49.1 Å². The number of hydrogen-bond donors (Lipinski definition) is 2. The fourth-order valence-corrected chi connectivity index (χ4v) is 2.67. The molecule has 0 aliphatic rings. The van der Waals surface area contributed by atoms with Gasteiger partial charge in [0.1, 0.15) is 12.4 Å². The van der Waals surface area contributed by atoms with Crippen molar-refractivity contribution in [3.63, 3.8) is 0 Å². The molecule has 1 aromatic heterocycles. The standard InChI is InChI=1S/C21H30N4O2.HI/c1-16-5-6-19(20(13-16)27-12-11-26-4)15-25-21(22-3)24-10-8-18-7-9-23-14-17(18)2;/h5-7,9,13-14H,8,10-12,15H2,1-4H3,(H2,22,24,25);1H. The monoisotopic (exact) mass is 498 g/mol. The average Bonchev–Trinajstić information content (AvgIpc) is 2.67. The van der Waals surface area contributed by atoms with Gasteiger partial charge < -0.3 is 20.1 Å². The van der Waals surface area contributed by atoms with Crippen LogP contribution in [0.3, 0.4) is 0 Å². The van der Waals surface area contributed by atoms with Crippen LogP contribution in [0.15, 0.2) is 41.7 Å². The number of nitrogens with one attached hydrogen (secondary N) is 2. The summed E-state index contributed by atoms with van der Waals surface area (Å²) < 4.78 is 10.9. The fraction of sp³-hybridized carbons (Fsp3) is 0.429. The summed E-state index contributed by atoms with van der Waals surface area (Å²) in [5.41, 5.74) is 4.76. The number of hydrogen-bond acceptors (Lipinski definition) is 4. The molecule has 0 saturated carbocycles. The number of ether oxygens (including phenoxy) is 2. The molecule has 6 nitrogen and oxygen atoms in total. The van der Waals surface area contributed by atoms with E-state index in [1.54, 1.807) is 14.2 Å². The lowest BCUT2D eigenvalue weighted by atomic mass is 10.1. The summed E-state index contributed by atoms with van der Waals surface area (Å²) in [6, 6.07) is 8.28. The van der Waals surface area contributed by atoms with E-state index in [2.05, 4.69) is 58.7 Å². The summed E-state index contributed by atoms with van der Waals surface area (Å²) in [6.45, 7) is 6.68. The Bertz CT molecular complexity index is 753. The van der Waals surface area contributed by atoms with Gasteiger partial charge in [0.05, 0.1) is 6.61 Å². The second-order valence-corrected chi connectivity index (χ2v) is 6.36. The Morgan fingerprint density at radius 2 is 1.93 bits per heavy atom. The number of aromatic nitrogens is 1. The molecule has 2 rings (SSSR count). The number of halogens is 1. The van der Waals surface area contributed by atoms with Gasteiger partial charge in [-0.15, -0.1) is 24.0 Å². The summed E-state index contributed by atoms with van der Waals surface area (Å²) in [4.78, 5) is 8.43. The average molecular weight is 498 g/mol. The molecule has 1 heterocycles. The lowest BCUT2D eigenvalue weighted by Gasteiger charge is -2.15. The molecule has 0 unspecified atom stereocenters. The van der Waals surface area contributed by atoms with Crippen molar-refractivity contribution >= 4 is 29.9 Å². The molecule has 0 aliphatic carbocycles. The van der Waals surface area contributed by atoms with Crippen molar-refractivity contribution < 1.29 is 9.47 Å². The molecule has 2 aromatic rings. The number of benzene rings is 1. The van der Waals surface area contributed by atoms with Gasteiger partial charge in [0.15, 0.2) is 5.96 Å². The largest absolute Gasteiger partial charge is 0.491 e. The molecule has 0 spiro atoms. The Labute approximate surface area is 185 Å². The van der Waals surface area contributed by atoms with E-state index in [9.17, 15) is 0 Å². The van der Waals surface area contributed by atoms with Gasteiger partial charge in [-0.3, -0.25) is 9.98 Å².